The summed E-state index contributed by atoms with van der Waals surface area (Å²) >= 11 is 0. The molecule has 0 unspecified atom stereocenters. The summed E-state index contributed by atoms with van der Waals surface area (Å²) < 4.78 is 0. The largest absolute Gasteiger partial charge is 0.395 e. The van der Waals surface area contributed by atoms with Gasteiger partial charge in [0, 0.05) is 18.8 Å². The Morgan fingerprint density at radius 2 is 2.22 bits per heavy atom. The number of aliphatic hydroxyl groups excluding tert-OH is 1. The molecule has 5 nitrogen and oxygen atoms in total. The lowest BCUT2D eigenvalue weighted by atomic mass is 10.1. The first kappa shape index (κ1) is 14.7. The van der Waals surface area contributed by atoms with Crippen molar-refractivity contribution in [3.63, 3.8) is 0 Å². The van der Waals surface area contributed by atoms with Gasteiger partial charge in [0.2, 0.25) is 0 Å². The molecule has 1 aromatic heterocycles. The summed E-state index contributed by atoms with van der Waals surface area (Å²) in [6.07, 6.45) is 1.75. The van der Waals surface area contributed by atoms with Crippen LogP contribution in [0.3, 0.4) is 0 Å². The van der Waals surface area contributed by atoms with E-state index in [0.29, 0.717) is 24.7 Å². The fourth-order valence-electron chi connectivity index (χ4n) is 1.88. The zero-order valence-electron chi connectivity index (χ0n) is 11.4. The van der Waals surface area contributed by atoms with E-state index in [0.717, 1.165) is 18.5 Å². The monoisotopic (exact) mass is 253 g/mol. The maximum Gasteiger partial charge on any atom is 0.274 e. The number of aromatic amines is 1. The summed E-state index contributed by atoms with van der Waals surface area (Å²) in [6, 6.07) is 1.81. The molecule has 102 valence electrons. The van der Waals surface area contributed by atoms with Crippen LogP contribution in [0.5, 0.6) is 0 Å². The van der Waals surface area contributed by atoms with Crippen LogP contribution in [0, 0.1) is 5.92 Å². The van der Waals surface area contributed by atoms with Crippen molar-refractivity contribution in [3.05, 3.63) is 17.5 Å². The van der Waals surface area contributed by atoms with E-state index in [1.807, 2.05) is 13.0 Å². The summed E-state index contributed by atoms with van der Waals surface area (Å²) in [7, 11) is 0. The minimum Gasteiger partial charge on any atom is -0.395 e. The molecule has 0 bridgehead atoms. The molecule has 0 atom stereocenters. The van der Waals surface area contributed by atoms with Crippen molar-refractivity contribution < 1.29 is 9.90 Å². The lowest BCUT2D eigenvalue weighted by Crippen LogP contribution is -2.34. The first-order valence-corrected chi connectivity index (χ1v) is 6.52. The van der Waals surface area contributed by atoms with Crippen LogP contribution in [0.25, 0.3) is 0 Å². The summed E-state index contributed by atoms with van der Waals surface area (Å²) in [5.41, 5.74) is 1.42. The molecular weight excluding hydrogens is 230 g/mol. The molecule has 1 rings (SSSR count). The molecule has 2 N–H and O–H groups in total. The van der Waals surface area contributed by atoms with Gasteiger partial charge in [0.1, 0.15) is 5.69 Å². The number of H-pyrrole nitrogens is 1. The molecule has 0 aromatic carbocycles. The fourth-order valence-corrected chi connectivity index (χ4v) is 1.88. The average molecular weight is 253 g/mol. The van der Waals surface area contributed by atoms with E-state index in [9.17, 15) is 4.79 Å². The van der Waals surface area contributed by atoms with Gasteiger partial charge in [-0.05, 0) is 24.8 Å². The third-order valence-electron chi connectivity index (χ3n) is 2.63. The van der Waals surface area contributed by atoms with Crippen LogP contribution in [0.4, 0.5) is 0 Å². The Labute approximate surface area is 108 Å². The highest BCUT2D eigenvalue weighted by Crippen LogP contribution is 2.09. The van der Waals surface area contributed by atoms with E-state index in [2.05, 4.69) is 24.0 Å². The molecule has 0 aliphatic rings. The first-order valence-electron chi connectivity index (χ1n) is 6.52. The van der Waals surface area contributed by atoms with E-state index in [1.54, 1.807) is 4.90 Å². The lowest BCUT2D eigenvalue weighted by Gasteiger charge is -2.19. The van der Waals surface area contributed by atoms with Crippen LogP contribution in [-0.4, -0.2) is 45.8 Å². The minimum absolute atomic E-state index is 0.0188. The average Bonchev–Trinajstić information content (AvgIpc) is 2.75. The van der Waals surface area contributed by atoms with E-state index in [4.69, 9.17) is 5.11 Å². The predicted octanol–water partition coefficient (Wildman–Crippen LogP) is 1.45. The molecule has 0 aliphatic carbocycles. The number of nitrogens with one attached hydrogen (secondary N) is 1. The Bertz CT molecular complexity index is 368. The van der Waals surface area contributed by atoms with E-state index < -0.39 is 0 Å². The van der Waals surface area contributed by atoms with Crippen molar-refractivity contribution in [1.29, 1.82) is 0 Å². The zero-order valence-corrected chi connectivity index (χ0v) is 11.4. The van der Waals surface area contributed by atoms with Crippen molar-refractivity contribution in [2.24, 2.45) is 5.92 Å². The quantitative estimate of drug-likeness (QED) is 0.772. The number of rotatable bonds is 7. The third-order valence-corrected chi connectivity index (χ3v) is 2.63. The maximum absolute atomic E-state index is 12.2. The van der Waals surface area contributed by atoms with E-state index in [-0.39, 0.29) is 12.5 Å². The molecular formula is C13H23N3O2. The number of carbonyl (C=O) groups is 1. The Hall–Kier alpha value is -1.36. The Morgan fingerprint density at radius 3 is 2.78 bits per heavy atom. The van der Waals surface area contributed by atoms with Gasteiger partial charge in [-0.15, -0.1) is 0 Å². The second kappa shape index (κ2) is 7.16. The second-order valence-electron chi connectivity index (χ2n) is 4.89. The number of carbonyl (C=O) groups excluding carboxylic acids is 1. The van der Waals surface area contributed by atoms with Gasteiger partial charge in [-0.1, -0.05) is 20.8 Å². The number of hydrogen-bond acceptors (Lipinski definition) is 3. The molecule has 0 fully saturated rings. The number of hydrogen-bond donors (Lipinski definition) is 2. The van der Waals surface area contributed by atoms with Crippen LogP contribution >= 0.6 is 0 Å². The molecule has 1 aromatic rings. The van der Waals surface area contributed by atoms with Gasteiger partial charge in [0.25, 0.3) is 5.91 Å². The van der Waals surface area contributed by atoms with Gasteiger partial charge in [0.05, 0.1) is 6.61 Å². The summed E-state index contributed by atoms with van der Waals surface area (Å²) in [6.45, 7) is 7.24. The molecule has 1 amide bonds. The number of nitrogens with zero attached hydrogens (tertiary/aromatic N) is 2. The highest BCUT2D eigenvalue weighted by Gasteiger charge is 2.17. The zero-order chi connectivity index (χ0) is 13.5. The topological polar surface area (TPSA) is 69.2 Å². The molecule has 0 spiro atoms. The van der Waals surface area contributed by atoms with Crippen LogP contribution in [0.2, 0.25) is 0 Å². The van der Waals surface area contributed by atoms with Crippen molar-refractivity contribution in [2.75, 3.05) is 19.7 Å². The van der Waals surface area contributed by atoms with Gasteiger partial charge < -0.3 is 10.0 Å². The molecule has 18 heavy (non-hydrogen) atoms. The molecule has 0 radical (unpaired) electrons. The maximum atomic E-state index is 12.2. The van der Waals surface area contributed by atoms with Crippen molar-refractivity contribution in [2.45, 2.75) is 33.6 Å². The van der Waals surface area contributed by atoms with Crippen molar-refractivity contribution in [1.82, 2.24) is 15.1 Å². The molecule has 1 heterocycles. The Morgan fingerprint density at radius 1 is 1.50 bits per heavy atom. The van der Waals surface area contributed by atoms with Crippen LogP contribution in [-0.2, 0) is 6.42 Å². The SMILES string of the molecule is CCCN(CCO)C(=O)c1cc(CC(C)C)[nH]n1. The lowest BCUT2D eigenvalue weighted by molar-refractivity contribution is 0.0716. The van der Waals surface area contributed by atoms with Gasteiger partial charge in [0.15, 0.2) is 0 Å². The van der Waals surface area contributed by atoms with Gasteiger partial charge >= 0.3 is 0 Å². The van der Waals surface area contributed by atoms with Crippen LogP contribution < -0.4 is 0 Å². The standard InChI is InChI=1S/C13H23N3O2/c1-4-5-16(6-7-17)13(18)12-9-11(14-15-12)8-10(2)3/h9-10,17H,4-8H2,1-3H3,(H,14,15). The van der Waals surface area contributed by atoms with Crippen LogP contribution in [0.15, 0.2) is 6.07 Å². The van der Waals surface area contributed by atoms with Crippen molar-refractivity contribution >= 4 is 5.91 Å². The molecule has 0 aliphatic heterocycles. The third kappa shape index (κ3) is 4.14. The van der Waals surface area contributed by atoms with E-state index in [1.165, 1.54) is 0 Å². The molecule has 0 saturated carbocycles. The Balaban J connectivity index is 2.72. The summed E-state index contributed by atoms with van der Waals surface area (Å²) in [5, 5.41) is 15.9. The van der Waals surface area contributed by atoms with Crippen LogP contribution in [0.1, 0.15) is 43.4 Å². The van der Waals surface area contributed by atoms with Gasteiger partial charge in [-0.3, -0.25) is 9.89 Å². The summed E-state index contributed by atoms with van der Waals surface area (Å²) in [4.78, 5) is 13.8. The number of aromatic nitrogens is 2. The smallest absolute Gasteiger partial charge is 0.274 e. The Kier molecular flexibility index (Phi) is 5.85. The summed E-state index contributed by atoms with van der Waals surface area (Å²) in [5.74, 6) is 0.412. The van der Waals surface area contributed by atoms with E-state index >= 15 is 0 Å². The second-order valence-corrected chi connectivity index (χ2v) is 4.89. The van der Waals surface area contributed by atoms with Gasteiger partial charge in [-0.2, -0.15) is 5.10 Å². The normalized spacial score (nSPS) is 10.9. The first-order chi connectivity index (χ1) is 8.58. The minimum atomic E-state index is -0.114. The highest BCUT2D eigenvalue weighted by molar-refractivity contribution is 5.92. The predicted molar refractivity (Wildman–Crippen MR) is 70.4 cm³/mol. The van der Waals surface area contributed by atoms with Crippen molar-refractivity contribution in [3.8, 4) is 0 Å². The number of amides is 1. The molecule has 5 heteroatoms. The fraction of sp³-hybridized carbons (Fsp3) is 0.692. The molecule has 0 saturated heterocycles. The number of aliphatic hydroxyl groups is 1. The van der Waals surface area contributed by atoms with Gasteiger partial charge in [-0.25, -0.2) is 0 Å². The highest BCUT2D eigenvalue weighted by atomic mass is 16.3.